The molecule has 12 heteroatoms. The topological polar surface area (TPSA) is 172 Å². The van der Waals surface area contributed by atoms with Gasteiger partial charge in [0.15, 0.2) is 6.10 Å². The number of carbonyl (C=O) groups excluding carboxylic acids is 2. The smallest absolute Gasteiger partial charge is 0.472 e. The maximum atomic E-state index is 12.7. The quantitative estimate of drug-likeness (QED) is 0.0230. The van der Waals surface area contributed by atoms with E-state index in [1.807, 2.05) is 0 Å². The Morgan fingerprint density at radius 1 is 0.492 bits per heavy atom. The highest BCUT2D eigenvalue weighted by atomic mass is 31.2. The summed E-state index contributed by atoms with van der Waals surface area (Å²) in [5.41, 5.74) is 5.35. The Kier molecular flexibility index (Phi) is 45.0. The van der Waals surface area contributed by atoms with Gasteiger partial charge in [-0.3, -0.25) is 23.4 Å². The van der Waals surface area contributed by atoms with Crippen LogP contribution < -0.4 is 5.73 Å². The van der Waals surface area contributed by atoms with E-state index in [2.05, 4.69) is 42.7 Å². The molecule has 0 amide bonds. The van der Waals surface area contributed by atoms with Gasteiger partial charge in [0.1, 0.15) is 12.6 Å². The molecule has 0 rings (SSSR count). The number of allylic oxidation sites excluding steroid dienone is 4. The van der Waals surface area contributed by atoms with Gasteiger partial charge in [0.25, 0.3) is 0 Å². The molecule has 63 heavy (non-hydrogen) atoms. The van der Waals surface area contributed by atoms with Crippen LogP contribution in [0.4, 0.5) is 0 Å². The average molecular weight is 914 g/mol. The van der Waals surface area contributed by atoms with Crippen LogP contribution in [0.3, 0.4) is 0 Å². The number of carboxylic acid groups (broad SMARTS) is 1. The number of carboxylic acids is 1. The van der Waals surface area contributed by atoms with Crippen molar-refractivity contribution < 1.29 is 47.5 Å². The zero-order valence-corrected chi connectivity index (χ0v) is 41.3. The zero-order chi connectivity index (χ0) is 46.3. The summed E-state index contributed by atoms with van der Waals surface area (Å²) in [6, 6.07) is -1.52. The van der Waals surface area contributed by atoms with Crippen LogP contribution in [0.25, 0.3) is 0 Å². The molecular weight excluding hydrogens is 818 g/mol. The van der Waals surface area contributed by atoms with E-state index in [1.165, 1.54) is 161 Å². The highest BCUT2D eigenvalue weighted by molar-refractivity contribution is 7.47. The van der Waals surface area contributed by atoms with Crippen molar-refractivity contribution >= 4 is 25.7 Å². The lowest BCUT2D eigenvalue weighted by Gasteiger charge is -2.20. The minimum absolute atomic E-state index is 0.159. The molecule has 0 aliphatic rings. The Morgan fingerprint density at radius 2 is 0.841 bits per heavy atom. The van der Waals surface area contributed by atoms with Crippen LogP contribution in [0, 0.1) is 0 Å². The Hall–Kier alpha value is -2.04. The summed E-state index contributed by atoms with van der Waals surface area (Å²) < 4.78 is 32.9. The van der Waals surface area contributed by atoms with E-state index in [0.29, 0.717) is 12.8 Å². The first-order chi connectivity index (χ1) is 30.6. The van der Waals surface area contributed by atoms with E-state index in [1.54, 1.807) is 0 Å². The van der Waals surface area contributed by atoms with Crippen molar-refractivity contribution in [2.75, 3.05) is 19.8 Å². The van der Waals surface area contributed by atoms with Crippen molar-refractivity contribution in [2.45, 2.75) is 264 Å². The number of phosphoric ester groups is 1. The molecule has 0 saturated carbocycles. The molecule has 0 aromatic carbocycles. The van der Waals surface area contributed by atoms with Gasteiger partial charge in [-0.05, 0) is 44.9 Å². The van der Waals surface area contributed by atoms with Crippen LogP contribution in [0.5, 0.6) is 0 Å². The number of phosphoric acid groups is 1. The lowest BCUT2D eigenvalue weighted by atomic mass is 10.0. The third-order valence-corrected chi connectivity index (χ3v) is 12.4. The van der Waals surface area contributed by atoms with Gasteiger partial charge in [0.05, 0.1) is 13.2 Å². The van der Waals surface area contributed by atoms with Crippen LogP contribution in [0.2, 0.25) is 0 Å². The fourth-order valence-electron chi connectivity index (χ4n) is 7.39. The summed E-state index contributed by atoms with van der Waals surface area (Å²) in [4.78, 5) is 46.2. The summed E-state index contributed by atoms with van der Waals surface area (Å²) in [5, 5.41) is 8.92. The number of nitrogens with two attached hydrogens (primary N) is 1. The number of esters is 2. The van der Waals surface area contributed by atoms with Crippen LogP contribution in [-0.2, 0) is 37.5 Å². The number of aliphatic carboxylic acids is 1. The summed E-state index contributed by atoms with van der Waals surface area (Å²) in [5.74, 6) is -2.37. The zero-order valence-electron chi connectivity index (χ0n) is 40.4. The summed E-state index contributed by atoms with van der Waals surface area (Å²) in [7, 11) is -4.72. The molecule has 0 heterocycles. The highest BCUT2D eigenvalue weighted by Crippen LogP contribution is 2.43. The second-order valence-electron chi connectivity index (χ2n) is 17.7. The first-order valence-corrected chi connectivity index (χ1v) is 27.4. The van der Waals surface area contributed by atoms with Crippen LogP contribution >= 0.6 is 7.82 Å². The third kappa shape index (κ3) is 46.3. The van der Waals surface area contributed by atoms with Gasteiger partial charge in [-0.25, -0.2) is 4.57 Å². The molecule has 0 saturated heterocycles. The fourth-order valence-corrected chi connectivity index (χ4v) is 8.17. The van der Waals surface area contributed by atoms with Crippen molar-refractivity contribution in [3.8, 4) is 0 Å². The highest BCUT2D eigenvalue weighted by Gasteiger charge is 2.28. The average Bonchev–Trinajstić information content (AvgIpc) is 3.26. The maximum Gasteiger partial charge on any atom is 0.472 e. The second kappa shape index (κ2) is 46.5. The molecular formula is C51H96NO10P. The number of rotatable bonds is 49. The summed E-state index contributed by atoms with van der Waals surface area (Å²) >= 11 is 0. The first kappa shape index (κ1) is 61.0. The lowest BCUT2D eigenvalue weighted by Crippen LogP contribution is -2.34. The Labute approximate surface area is 385 Å². The molecule has 4 N–H and O–H groups in total. The van der Waals surface area contributed by atoms with E-state index in [-0.39, 0.29) is 19.4 Å². The molecule has 0 aliphatic heterocycles. The van der Waals surface area contributed by atoms with Gasteiger partial charge in [-0.2, -0.15) is 0 Å². The largest absolute Gasteiger partial charge is 0.480 e. The van der Waals surface area contributed by atoms with Crippen molar-refractivity contribution in [1.29, 1.82) is 0 Å². The maximum absolute atomic E-state index is 12.7. The summed E-state index contributed by atoms with van der Waals surface area (Å²) in [6.07, 6.45) is 50.9. The first-order valence-electron chi connectivity index (χ1n) is 25.9. The third-order valence-electron chi connectivity index (χ3n) is 11.5. The van der Waals surface area contributed by atoms with Gasteiger partial charge < -0.3 is 25.2 Å². The van der Waals surface area contributed by atoms with Gasteiger partial charge >= 0.3 is 25.7 Å². The Morgan fingerprint density at radius 3 is 1.27 bits per heavy atom. The minimum Gasteiger partial charge on any atom is -0.480 e. The predicted molar refractivity (Wildman–Crippen MR) is 259 cm³/mol. The molecule has 0 bridgehead atoms. The molecule has 11 nitrogen and oxygen atoms in total. The Balaban J connectivity index is 4.22. The summed E-state index contributed by atoms with van der Waals surface area (Å²) in [6.45, 7) is 2.83. The molecule has 370 valence electrons. The molecule has 0 aromatic heterocycles. The van der Waals surface area contributed by atoms with E-state index in [4.69, 9.17) is 24.8 Å². The molecule has 3 unspecified atom stereocenters. The molecule has 0 aliphatic carbocycles. The normalized spacial score (nSPS) is 13.7. The van der Waals surface area contributed by atoms with Crippen LogP contribution in [0.1, 0.15) is 251 Å². The monoisotopic (exact) mass is 914 g/mol. The minimum atomic E-state index is -4.72. The van der Waals surface area contributed by atoms with E-state index >= 15 is 0 Å². The van der Waals surface area contributed by atoms with E-state index in [9.17, 15) is 23.8 Å². The molecule has 0 aromatic rings. The van der Waals surface area contributed by atoms with Gasteiger partial charge in [-0.1, -0.05) is 218 Å². The predicted octanol–water partition coefficient (Wildman–Crippen LogP) is 14.6. The molecule has 0 spiro atoms. The van der Waals surface area contributed by atoms with Crippen LogP contribution in [0.15, 0.2) is 24.3 Å². The second-order valence-corrected chi connectivity index (χ2v) is 19.1. The van der Waals surface area contributed by atoms with Crippen molar-refractivity contribution in [1.82, 2.24) is 0 Å². The molecule has 3 atom stereocenters. The standard InChI is InChI=1S/C51H96NO10P/c1-3-5-7-9-11-13-15-17-19-21-23-25-26-28-30-32-34-36-38-40-42-49(53)59-44-47(45-60-63(57,58)61-46-48(52)51(55)56)62-50(54)43-41-39-37-35-33-31-29-27-24-22-20-18-16-14-12-10-8-6-4-2/h12,14,18,20,47-48H,3-11,13,15-17,19,21-46,52H2,1-2H3,(H,55,56)(H,57,58)/b14-12-,20-18-. The van der Waals surface area contributed by atoms with Crippen molar-refractivity contribution in [3.63, 3.8) is 0 Å². The number of hydrogen-bond donors (Lipinski definition) is 3. The van der Waals surface area contributed by atoms with Crippen molar-refractivity contribution in [2.24, 2.45) is 5.73 Å². The SMILES string of the molecule is CCCCC/C=C\C/C=C\CCCCCCCCCCCC(=O)OC(COC(=O)CCCCCCCCCCCCCCCCCCCCCC)COP(=O)(O)OCC(N)C(=O)O. The molecule has 0 fully saturated rings. The van der Waals surface area contributed by atoms with Crippen molar-refractivity contribution in [3.05, 3.63) is 24.3 Å². The number of ether oxygens (including phenoxy) is 2. The van der Waals surface area contributed by atoms with Gasteiger partial charge in [-0.15, -0.1) is 0 Å². The van der Waals surface area contributed by atoms with Crippen LogP contribution in [-0.4, -0.2) is 59.9 Å². The Bertz CT molecular complexity index is 1160. The fraction of sp³-hybridized carbons (Fsp3) is 0.863. The van der Waals surface area contributed by atoms with Gasteiger partial charge in [0, 0.05) is 12.8 Å². The van der Waals surface area contributed by atoms with Gasteiger partial charge in [0.2, 0.25) is 0 Å². The van der Waals surface area contributed by atoms with E-state index in [0.717, 1.165) is 51.4 Å². The number of carbonyl (C=O) groups is 3. The van der Waals surface area contributed by atoms with E-state index < -0.39 is 51.1 Å². The number of unbranched alkanes of at least 4 members (excludes halogenated alkanes) is 31. The number of hydrogen-bond acceptors (Lipinski definition) is 9. The lowest BCUT2D eigenvalue weighted by molar-refractivity contribution is -0.161. The molecule has 0 radical (unpaired) electrons.